The van der Waals surface area contributed by atoms with E-state index in [4.69, 9.17) is 4.99 Å². The van der Waals surface area contributed by atoms with Crippen molar-refractivity contribution in [1.29, 1.82) is 0 Å². The van der Waals surface area contributed by atoms with E-state index in [0.29, 0.717) is 0 Å². The van der Waals surface area contributed by atoms with Crippen molar-refractivity contribution in [2.75, 3.05) is 38.5 Å². The van der Waals surface area contributed by atoms with Crippen LogP contribution < -0.4 is 16.0 Å². The molecule has 0 bridgehead atoms. The number of piperazine rings is 1. The lowest BCUT2D eigenvalue weighted by molar-refractivity contribution is 0.172. The number of nitrogens with one attached hydrogen (secondary N) is 3. The Hall–Kier alpha value is -2.35. The minimum absolute atomic E-state index is 0.443. The fourth-order valence-electron chi connectivity index (χ4n) is 3.61. The first-order chi connectivity index (χ1) is 14.0. The van der Waals surface area contributed by atoms with Crippen molar-refractivity contribution in [3.63, 3.8) is 0 Å². The molecule has 6 nitrogen and oxygen atoms in total. The Kier molecular flexibility index (Phi) is 5.89. The van der Waals surface area contributed by atoms with Gasteiger partial charge in [0.05, 0.1) is 0 Å². The van der Waals surface area contributed by atoms with Gasteiger partial charge in [0.15, 0.2) is 0 Å². The van der Waals surface area contributed by atoms with E-state index in [1.165, 1.54) is 11.1 Å². The summed E-state index contributed by atoms with van der Waals surface area (Å²) in [5.74, 6) is 1.88. The molecule has 3 N–H and O–H groups in total. The second-order valence-electron chi connectivity index (χ2n) is 7.90. The van der Waals surface area contributed by atoms with Crippen LogP contribution in [0.25, 0.3) is 0 Å². The monoisotopic (exact) mass is 410 g/mol. The van der Waals surface area contributed by atoms with E-state index in [1.54, 1.807) is 11.3 Å². The number of likely N-dealkylation sites (N-methyl/N-ethyl adjacent to an activating group) is 1. The van der Waals surface area contributed by atoms with Crippen LogP contribution >= 0.6 is 11.3 Å². The number of aryl methyl sites for hydroxylation is 1. The van der Waals surface area contributed by atoms with Crippen LogP contribution in [0.4, 0.5) is 5.69 Å². The average molecular weight is 411 g/mol. The Morgan fingerprint density at radius 1 is 1.14 bits per heavy atom. The van der Waals surface area contributed by atoms with Gasteiger partial charge in [-0.3, -0.25) is 10.2 Å². The van der Waals surface area contributed by atoms with Gasteiger partial charge in [-0.05, 0) is 61.5 Å². The van der Waals surface area contributed by atoms with Gasteiger partial charge in [-0.1, -0.05) is 17.7 Å². The van der Waals surface area contributed by atoms with Crippen LogP contribution in [0, 0.1) is 6.92 Å². The molecular formula is C22H30N6S. The van der Waals surface area contributed by atoms with E-state index in [1.807, 2.05) is 7.05 Å². The van der Waals surface area contributed by atoms with Crippen molar-refractivity contribution in [2.24, 2.45) is 4.99 Å². The lowest BCUT2D eigenvalue weighted by Crippen LogP contribution is -2.56. The molecular weight excluding hydrogens is 380 g/mol. The minimum atomic E-state index is -0.443. The summed E-state index contributed by atoms with van der Waals surface area (Å²) in [5.41, 5.74) is 3.28. The summed E-state index contributed by atoms with van der Waals surface area (Å²) >= 11 is 1.77. The van der Waals surface area contributed by atoms with Crippen LogP contribution in [0.2, 0.25) is 0 Å². The molecule has 1 unspecified atom stereocenters. The minimum Gasteiger partial charge on any atom is -0.342 e. The van der Waals surface area contributed by atoms with Crippen LogP contribution in [-0.2, 0) is 6.54 Å². The first-order valence-corrected chi connectivity index (χ1v) is 11.1. The Morgan fingerprint density at radius 3 is 2.55 bits per heavy atom. The molecule has 0 radical (unpaired) electrons. The maximum atomic E-state index is 4.95. The maximum absolute atomic E-state index is 4.95. The Labute approximate surface area is 177 Å². The third-order valence-corrected chi connectivity index (χ3v) is 6.24. The summed E-state index contributed by atoms with van der Waals surface area (Å²) < 4.78 is 0. The van der Waals surface area contributed by atoms with Crippen LogP contribution in [0.1, 0.15) is 18.1 Å². The van der Waals surface area contributed by atoms with Gasteiger partial charge in [0.25, 0.3) is 0 Å². The SMILES string of the molecule is CNC1(C)C=C(Nc2ccc(C)cc2)NC(N2CCN(Cc3ccsc3)CC2)=N1. The number of guanidine groups is 1. The molecule has 4 rings (SSSR count). The summed E-state index contributed by atoms with van der Waals surface area (Å²) in [4.78, 5) is 9.81. The molecule has 0 aliphatic carbocycles. The molecule has 2 aliphatic rings. The number of nitrogens with zero attached hydrogens (tertiary/aromatic N) is 3. The molecule has 2 aliphatic heterocycles. The Bertz CT molecular complexity index is 865. The van der Waals surface area contributed by atoms with Crippen LogP contribution in [0.3, 0.4) is 0 Å². The fraction of sp³-hybridized carbons (Fsp3) is 0.409. The molecule has 1 fully saturated rings. The number of anilines is 1. The number of benzene rings is 1. The van der Waals surface area contributed by atoms with E-state index in [9.17, 15) is 0 Å². The Balaban J connectivity index is 1.41. The van der Waals surface area contributed by atoms with E-state index in [0.717, 1.165) is 50.2 Å². The third-order valence-electron chi connectivity index (χ3n) is 5.50. The van der Waals surface area contributed by atoms with Gasteiger partial charge in [0.1, 0.15) is 11.5 Å². The molecule has 0 spiro atoms. The van der Waals surface area contributed by atoms with Gasteiger partial charge in [-0.2, -0.15) is 11.3 Å². The zero-order valence-electron chi connectivity index (χ0n) is 17.4. The highest BCUT2D eigenvalue weighted by molar-refractivity contribution is 7.07. The maximum Gasteiger partial charge on any atom is 0.201 e. The van der Waals surface area contributed by atoms with Crippen molar-refractivity contribution in [3.05, 3.63) is 64.1 Å². The molecule has 1 aromatic carbocycles. The standard InChI is InChI=1S/C22H30N6S/c1-17-4-6-19(7-5-17)24-20-14-22(2,23-3)26-21(25-20)28-11-9-27(10-12-28)15-18-8-13-29-16-18/h4-8,13-14,16,23-24H,9-12,15H2,1-3H3,(H,25,26). The average Bonchev–Trinajstić information content (AvgIpc) is 3.23. The van der Waals surface area contributed by atoms with Crippen molar-refractivity contribution in [2.45, 2.75) is 26.1 Å². The largest absolute Gasteiger partial charge is 0.342 e. The smallest absolute Gasteiger partial charge is 0.201 e. The highest BCUT2D eigenvalue weighted by Gasteiger charge is 2.29. The second-order valence-corrected chi connectivity index (χ2v) is 8.68. The first-order valence-electron chi connectivity index (χ1n) is 10.1. The second kappa shape index (κ2) is 8.57. The number of hydrogen-bond donors (Lipinski definition) is 3. The van der Waals surface area contributed by atoms with E-state index < -0.39 is 5.66 Å². The predicted octanol–water partition coefficient (Wildman–Crippen LogP) is 3.02. The highest BCUT2D eigenvalue weighted by atomic mass is 32.1. The highest BCUT2D eigenvalue weighted by Crippen LogP contribution is 2.20. The molecule has 1 aromatic heterocycles. The number of rotatable bonds is 5. The molecule has 29 heavy (non-hydrogen) atoms. The van der Waals surface area contributed by atoms with E-state index in [2.05, 4.69) is 86.8 Å². The van der Waals surface area contributed by atoms with E-state index in [-0.39, 0.29) is 0 Å². The lowest BCUT2D eigenvalue weighted by Gasteiger charge is -2.39. The number of thiophene rings is 1. The zero-order valence-corrected chi connectivity index (χ0v) is 18.2. The summed E-state index contributed by atoms with van der Waals surface area (Å²) in [6.07, 6.45) is 2.10. The molecule has 0 amide bonds. The van der Waals surface area contributed by atoms with Gasteiger partial charge < -0.3 is 15.5 Å². The normalized spacial score (nSPS) is 22.7. The number of aliphatic imine (C=N–C) groups is 1. The fourth-order valence-corrected chi connectivity index (χ4v) is 4.27. The summed E-state index contributed by atoms with van der Waals surface area (Å²) in [6.45, 7) is 9.24. The van der Waals surface area contributed by atoms with Gasteiger partial charge in [-0.25, -0.2) is 4.99 Å². The van der Waals surface area contributed by atoms with Crippen molar-refractivity contribution in [1.82, 2.24) is 20.4 Å². The molecule has 7 heteroatoms. The third kappa shape index (κ3) is 4.98. The topological polar surface area (TPSA) is 54.9 Å². The van der Waals surface area contributed by atoms with Crippen molar-refractivity contribution in [3.8, 4) is 0 Å². The number of hydrogen-bond acceptors (Lipinski definition) is 7. The molecule has 1 atom stereocenters. The molecule has 2 aromatic rings. The quantitative estimate of drug-likeness (QED) is 0.708. The van der Waals surface area contributed by atoms with Crippen LogP contribution in [0.15, 0.2) is 58.0 Å². The molecule has 1 saturated heterocycles. The zero-order chi connectivity index (χ0) is 20.3. The van der Waals surface area contributed by atoms with Crippen LogP contribution in [-0.4, -0.2) is 54.6 Å². The molecule has 0 saturated carbocycles. The summed E-state index contributed by atoms with van der Waals surface area (Å²) in [6, 6.07) is 10.7. The first kappa shape index (κ1) is 19.9. The van der Waals surface area contributed by atoms with Crippen LogP contribution in [0.5, 0.6) is 0 Å². The summed E-state index contributed by atoms with van der Waals surface area (Å²) in [5, 5.41) is 14.7. The van der Waals surface area contributed by atoms with E-state index >= 15 is 0 Å². The molecule has 154 valence electrons. The Morgan fingerprint density at radius 2 is 1.90 bits per heavy atom. The van der Waals surface area contributed by atoms with Gasteiger partial charge in [0, 0.05) is 38.4 Å². The lowest BCUT2D eigenvalue weighted by atomic mass is 10.1. The summed E-state index contributed by atoms with van der Waals surface area (Å²) in [7, 11) is 1.95. The van der Waals surface area contributed by atoms with Gasteiger partial charge >= 0.3 is 0 Å². The van der Waals surface area contributed by atoms with Gasteiger partial charge in [0.2, 0.25) is 5.96 Å². The molecule has 3 heterocycles. The van der Waals surface area contributed by atoms with Crippen molar-refractivity contribution < 1.29 is 0 Å². The van der Waals surface area contributed by atoms with Gasteiger partial charge in [-0.15, -0.1) is 0 Å². The predicted molar refractivity (Wildman–Crippen MR) is 122 cm³/mol. The van der Waals surface area contributed by atoms with Crippen molar-refractivity contribution >= 4 is 23.0 Å².